The number of carbonyl (C=O) groups excluding carboxylic acids is 1. The molecule has 1 aliphatic heterocycles. The van der Waals surface area contributed by atoms with Crippen molar-refractivity contribution in [3.63, 3.8) is 0 Å². The summed E-state index contributed by atoms with van der Waals surface area (Å²) in [6, 6.07) is 0. The molecule has 1 heterocycles. The summed E-state index contributed by atoms with van der Waals surface area (Å²) in [5, 5.41) is 10.1. The summed E-state index contributed by atoms with van der Waals surface area (Å²) in [7, 11) is 0. The molecule has 17 heavy (non-hydrogen) atoms. The molecular weight excluding hydrogens is 224 g/mol. The molecule has 2 saturated carbocycles. The van der Waals surface area contributed by atoms with Crippen molar-refractivity contribution in [2.75, 3.05) is 6.61 Å². The molecule has 3 aliphatic rings. The third kappa shape index (κ3) is 1.33. The zero-order chi connectivity index (χ0) is 12.4. The van der Waals surface area contributed by atoms with E-state index in [1.807, 2.05) is 0 Å². The second-order valence-electron chi connectivity index (χ2n) is 5.58. The molecule has 3 unspecified atom stereocenters. The normalized spacial score (nSPS) is 49.6. The molecule has 0 aromatic carbocycles. The van der Waals surface area contributed by atoms with Gasteiger partial charge in [0.2, 0.25) is 0 Å². The molecule has 0 spiro atoms. The molecule has 0 aromatic rings. The fourth-order valence-electron chi connectivity index (χ4n) is 3.34. The summed E-state index contributed by atoms with van der Waals surface area (Å²) >= 11 is 0. The van der Waals surface area contributed by atoms with E-state index in [-0.39, 0.29) is 18.0 Å². The maximum absolute atomic E-state index is 12.0. The van der Waals surface area contributed by atoms with Crippen LogP contribution >= 0.6 is 0 Å². The van der Waals surface area contributed by atoms with Crippen molar-refractivity contribution >= 4 is 5.97 Å². The largest absolute Gasteiger partial charge is 0.465 e. The number of hydrogen-bond donors (Lipinski definition) is 1. The molecule has 3 rings (SSSR count). The first-order valence-electron chi connectivity index (χ1n) is 6.13. The number of carbonyl (C=O) groups is 1. The second-order valence-corrected chi connectivity index (χ2v) is 5.58. The Morgan fingerprint density at radius 2 is 2.18 bits per heavy atom. The molecule has 5 heteroatoms. The summed E-state index contributed by atoms with van der Waals surface area (Å²) in [4.78, 5) is 12.0. The topological polar surface area (TPSA) is 65.0 Å². The van der Waals surface area contributed by atoms with Gasteiger partial charge in [0.1, 0.15) is 17.6 Å². The van der Waals surface area contributed by atoms with Gasteiger partial charge in [0.25, 0.3) is 0 Å². The lowest BCUT2D eigenvalue weighted by Crippen LogP contribution is -2.37. The number of rotatable bonds is 2. The maximum atomic E-state index is 12.0. The smallest absolute Gasteiger partial charge is 0.315 e. The maximum Gasteiger partial charge on any atom is 0.315 e. The molecular formula is C12H18O5. The van der Waals surface area contributed by atoms with Gasteiger partial charge in [-0.15, -0.1) is 0 Å². The van der Waals surface area contributed by atoms with Gasteiger partial charge in [0, 0.05) is 5.92 Å². The Bertz CT molecular complexity index is 366. The van der Waals surface area contributed by atoms with Crippen LogP contribution in [0.4, 0.5) is 0 Å². The van der Waals surface area contributed by atoms with Crippen molar-refractivity contribution in [2.45, 2.75) is 51.3 Å². The summed E-state index contributed by atoms with van der Waals surface area (Å²) in [6.07, 6.45) is -0.732. The first-order chi connectivity index (χ1) is 7.92. The van der Waals surface area contributed by atoms with Gasteiger partial charge in [-0.25, -0.2) is 0 Å². The highest BCUT2D eigenvalue weighted by molar-refractivity contribution is 5.83. The van der Waals surface area contributed by atoms with Crippen LogP contribution in [0.15, 0.2) is 0 Å². The number of esters is 1. The average molecular weight is 242 g/mol. The van der Waals surface area contributed by atoms with Crippen LogP contribution in [0.25, 0.3) is 0 Å². The Morgan fingerprint density at radius 1 is 1.47 bits per heavy atom. The van der Waals surface area contributed by atoms with Gasteiger partial charge in [0.15, 0.2) is 5.79 Å². The Labute approximate surface area is 100 Å². The van der Waals surface area contributed by atoms with E-state index in [9.17, 15) is 9.90 Å². The van der Waals surface area contributed by atoms with Gasteiger partial charge in [-0.1, -0.05) is 0 Å². The fraction of sp³-hybridized carbons (Fsp3) is 0.917. The van der Waals surface area contributed by atoms with Gasteiger partial charge < -0.3 is 19.3 Å². The van der Waals surface area contributed by atoms with Crippen LogP contribution in [0.5, 0.6) is 0 Å². The molecule has 0 amide bonds. The zero-order valence-electron chi connectivity index (χ0n) is 10.3. The lowest BCUT2D eigenvalue weighted by molar-refractivity contribution is -0.176. The number of aliphatic hydroxyl groups excluding tert-OH is 1. The van der Waals surface area contributed by atoms with E-state index in [0.717, 1.165) is 0 Å². The lowest BCUT2D eigenvalue weighted by Gasteiger charge is -2.21. The zero-order valence-corrected chi connectivity index (χ0v) is 10.3. The first kappa shape index (κ1) is 11.4. The van der Waals surface area contributed by atoms with E-state index in [1.165, 1.54) is 0 Å². The average Bonchev–Trinajstić information content (AvgIpc) is 2.85. The van der Waals surface area contributed by atoms with E-state index >= 15 is 0 Å². The van der Waals surface area contributed by atoms with Crippen LogP contribution in [0.2, 0.25) is 0 Å². The molecule has 1 saturated heterocycles. The Kier molecular flexibility index (Phi) is 2.16. The van der Waals surface area contributed by atoms with Crippen molar-refractivity contribution in [1.29, 1.82) is 0 Å². The van der Waals surface area contributed by atoms with E-state index in [0.29, 0.717) is 13.0 Å². The second kappa shape index (κ2) is 3.22. The molecule has 2 aliphatic carbocycles. The van der Waals surface area contributed by atoms with Crippen LogP contribution in [0.1, 0.15) is 27.2 Å². The van der Waals surface area contributed by atoms with Crippen molar-refractivity contribution in [1.82, 2.24) is 0 Å². The lowest BCUT2D eigenvalue weighted by atomic mass is 10.00. The number of fused-ring (bicyclic) bond motifs is 3. The molecule has 96 valence electrons. The van der Waals surface area contributed by atoms with Crippen LogP contribution in [-0.4, -0.2) is 41.8 Å². The molecule has 5 nitrogen and oxygen atoms in total. The number of hydrogen-bond acceptors (Lipinski definition) is 5. The van der Waals surface area contributed by atoms with E-state index < -0.39 is 23.4 Å². The third-order valence-corrected chi connectivity index (χ3v) is 4.10. The summed E-state index contributed by atoms with van der Waals surface area (Å²) < 4.78 is 16.6. The minimum absolute atomic E-state index is 0.0624. The van der Waals surface area contributed by atoms with Gasteiger partial charge in [-0.05, 0) is 27.2 Å². The van der Waals surface area contributed by atoms with E-state index in [1.54, 1.807) is 20.8 Å². The quantitative estimate of drug-likeness (QED) is 0.712. The third-order valence-electron chi connectivity index (χ3n) is 4.10. The highest BCUT2D eigenvalue weighted by Crippen LogP contribution is 2.68. The highest BCUT2D eigenvalue weighted by Gasteiger charge is 2.79. The van der Waals surface area contributed by atoms with E-state index in [2.05, 4.69) is 0 Å². The predicted molar refractivity (Wildman–Crippen MR) is 57.0 cm³/mol. The van der Waals surface area contributed by atoms with Gasteiger partial charge in [0.05, 0.1) is 12.7 Å². The van der Waals surface area contributed by atoms with Gasteiger partial charge in [-0.2, -0.15) is 0 Å². The monoisotopic (exact) mass is 242 g/mol. The first-order valence-corrected chi connectivity index (χ1v) is 6.13. The van der Waals surface area contributed by atoms with Crippen molar-refractivity contribution in [3.05, 3.63) is 0 Å². The SMILES string of the molecule is CCOC(=O)C12CC1C(O)[C@@H]1OC(C)(C)O[C@@H]12. The summed E-state index contributed by atoms with van der Waals surface area (Å²) in [6.45, 7) is 5.73. The van der Waals surface area contributed by atoms with Gasteiger partial charge in [-0.3, -0.25) is 4.79 Å². The molecule has 1 N–H and O–H groups in total. The predicted octanol–water partition coefficient (Wildman–Crippen LogP) is 0.450. The molecule has 0 aromatic heterocycles. The molecule has 0 radical (unpaired) electrons. The van der Waals surface area contributed by atoms with E-state index in [4.69, 9.17) is 14.2 Å². The molecule has 0 bridgehead atoms. The van der Waals surface area contributed by atoms with Gasteiger partial charge >= 0.3 is 5.97 Å². The van der Waals surface area contributed by atoms with Crippen LogP contribution in [0, 0.1) is 11.3 Å². The minimum atomic E-state index is -0.733. The van der Waals surface area contributed by atoms with Crippen LogP contribution in [0.3, 0.4) is 0 Å². The highest BCUT2D eigenvalue weighted by atomic mass is 16.8. The number of aliphatic hydroxyl groups is 1. The van der Waals surface area contributed by atoms with Crippen LogP contribution < -0.4 is 0 Å². The van der Waals surface area contributed by atoms with Crippen molar-refractivity contribution in [2.24, 2.45) is 11.3 Å². The Balaban J connectivity index is 1.87. The molecule has 3 fully saturated rings. The molecule has 5 atom stereocenters. The fourth-order valence-corrected chi connectivity index (χ4v) is 3.34. The Hall–Kier alpha value is -0.650. The number of ether oxygens (including phenoxy) is 3. The van der Waals surface area contributed by atoms with Crippen molar-refractivity contribution < 1.29 is 24.1 Å². The minimum Gasteiger partial charge on any atom is -0.465 e. The van der Waals surface area contributed by atoms with Crippen LogP contribution in [-0.2, 0) is 19.0 Å². The van der Waals surface area contributed by atoms with Crippen molar-refractivity contribution in [3.8, 4) is 0 Å². The standard InChI is InChI=1S/C12H18O5/c1-4-15-10(14)12-5-6(12)7(13)8-9(12)17-11(2,3)16-8/h6-9,13H,4-5H2,1-3H3/t6?,7?,8-,9-,12?/m0/s1. The summed E-state index contributed by atoms with van der Waals surface area (Å²) in [5.74, 6) is -1.05. The Morgan fingerprint density at radius 3 is 2.82 bits per heavy atom. The summed E-state index contributed by atoms with van der Waals surface area (Å²) in [5.41, 5.74) is -0.659.